The van der Waals surface area contributed by atoms with Crippen molar-refractivity contribution in [1.82, 2.24) is 4.98 Å². The Labute approximate surface area is 159 Å². The first-order valence-corrected chi connectivity index (χ1v) is 8.33. The van der Waals surface area contributed by atoms with E-state index < -0.39 is 6.36 Å². The zero-order valence-corrected chi connectivity index (χ0v) is 14.6. The number of anilines is 1. The van der Waals surface area contributed by atoms with E-state index in [9.17, 15) is 13.2 Å². The van der Waals surface area contributed by atoms with Crippen LogP contribution in [0.4, 0.5) is 18.9 Å². The zero-order valence-electron chi connectivity index (χ0n) is 14.6. The van der Waals surface area contributed by atoms with Crippen molar-refractivity contribution in [2.45, 2.75) is 12.9 Å². The lowest BCUT2D eigenvalue weighted by Crippen LogP contribution is -2.24. The summed E-state index contributed by atoms with van der Waals surface area (Å²) < 4.78 is 41.4. The zero-order chi connectivity index (χ0) is 20.0. The molecule has 1 aromatic heterocycles. The molecule has 0 fully saturated rings. The Morgan fingerprint density at radius 2 is 1.82 bits per heavy atom. The maximum absolute atomic E-state index is 12.5. The SMILES string of the molecule is NC(=NCc1cccc(-c2ccccn2)c1)Nc1ccccc1OC(F)(F)F. The van der Waals surface area contributed by atoms with Crippen LogP contribution in [0.5, 0.6) is 5.75 Å². The number of halogens is 3. The van der Waals surface area contributed by atoms with Crippen LogP contribution in [0.25, 0.3) is 11.3 Å². The van der Waals surface area contributed by atoms with Crippen molar-refractivity contribution in [3.05, 3.63) is 78.5 Å². The summed E-state index contributed by atoms with van der Waals surface area (Å²) in [7, 11) is 0. The van der Waals surface area contributed by atoms with Gasteiger partial charge in [-0.25, -0.2) is 4.99 Å². The highest BCUT2D eigenvalue weighted by molar-refractivity contribution is 5.93. The van der Waals surface area contributed by atoms with E-state index in [2.05, 4.69) is 20.0 Å². The van der Waals surface area contributed by atoms with Gasteiger partial charge in [0.25, 0.3) is 0 Å². The molecule has 3 N–H and O–H groups in total. The van der Waals surface area contributed by atoms with Crippen LogP contribution in [0.2, 0.25) is 0 Å². The first-order chi connectivity index (χ1) is 13.4. The van der Waals surface area contributed by atoms with E-state index in [0.717, 1.165) is 16.8 Å². The van der Waals surface area contributed by atoms with Gasteiger partial charge in [0.1, 0.15) is 0 Å². The Morgan fingerprint density at radius 3 is 2.57 bits per heavy atom. The molecule has 0 aliphatic carbocycles. The smallest absolute Gasteiger partial charge is 0.404 e. The molecule has 0 radical (unpaired) electrons. The normalized spacial score (nSPS) is 11.9. The molecule has 0 atom stereocenters. The third kappa shape index (κ3) is 5.47. The number of pyridine rings is 1. The fraction of sp³-hybridized carbons (Fsp3) is 0.100. The molecular formula is C20H17F3N4O. The quantitative estimate of drug-likeness (QED) is 0.498. The Hall–Kier alpha value is -3.55. The predicted molar refractivity (Wildman–Crippen MR) is 102 cm³/mol. The predicted octanol–water partition coefficient (Wildman–Crippen LogP) is 4.57. The van der Waals surface area contributed by atoms with E-state index in [4.69, 9.17) is 5.73 Å². The summed E-state index contributed by atoms with van der Waals surface area (Å²) >= 11 is 0. The highest BCUT2D eigenvalue weighted by Crippen LogP contribution is 2.29. The molecule has 0 aliphatic rings. The van der Waals surface area contributed by atoms with Crippen LogP contribution in [0.1, 0.15) is 5.56 Å². The van der Waals surface area contributed by atoms with Crippen molar-refractivity contribution in [1.29, 1.82) is 0 Å². The number of alkyl halides is 3. The molecule has 5 nitrogen and oxygen atoms in total. The molecule has 0 spiro atoms. The molecule has 1 heterocycles. The van der Waals surface area contributed by atoms with Crippen molar-refractivity contribution >= 4 is 11.6 Å². The Morgan fingerprint density at radius 1 is 1.04 bits per heavy atom. The van der Waals surface area contributed by atoms with Gasteiger partial charge in [0.2, 0.25) is 0 Å². The number of hydrogen-bond acceptors (Lipinski definition) is 3. The molecule has 0 unspecified atom stereocenters. The van der Waals surface area contributed by atoms with Crippen LogP contribution in [-0.2, 0) is 6.54 Å². The second-order valence-electron chi connectivity index (χ2n) is 5.79. The number of benzene rings is 2. The summed E-state index contributed by atoms with van der Waals surface area (Å²) in [6.07, 6.45) is -3.09. The fourth-order valence-electron chi connectivity index (χ4n) is 2.50. The van der Waals surface area contributed by atoms with Crippen molar-refractivity contribution in [3.8, 4) is 17.0 Å². The number of ether oxygens (including phenoxy) is 1. The van der Waals surface area contributed by atoms with Crippen LogP contribution in [0.15, 0.2) is 77.9 Å². The van der Waals surface area contributed by atoms with E-state index in [0.29, 0.717) is 0 Å². The van der Waals surface area contributed by atoms with Crippen LogP contribution in [-0.4, -0.2) is 17.3 Å². The summed E-state index contributed by atoms with van der Waals surface area (Å²) in [5.74, 6) is -0.410. The minimum Gasteiger partial charge on any atom is -0.404 e. The molecule has 8 heteroatoms. The lowest BCUT2D eigenvalue weighted by molar-refractivity contribution is -0.274. The monoisotopic (exact) mass is 386 g/mol. The molecule has 0 amide bonds. The van der Waals surface area contributed by atoms with Gasteiger partial charge in [0.15, 0.2) is 11.7 Å². The molecule has 0 saturated heterocycles. The van der Waals surface area contributed by atoms with Gasteiger partial charge in [-0.2, -0.15) is 0 Å². The topological polar surface area (TPSA) is 72.5 Å². The fourth-order valence-corrected chi connectivity index (χ4v) is 2.50. The number of rotatable bonds is 5. The van der Waals surface area contributed by atoms with Crippen LogP contribution < -0.4 is 15.8 Å². The van der Waals surface area contributed by atoms with Gasteiger partial charge in [0, 0.05) is 11.8 Å². The highest BCUT2D eigenvalue weighted by atomic mass is 19.4. The molecular weight excluding hydrogens is 369 g/mol. The Bertz CT molecular complexity index is 959. The third-order valence-corrected chi connectivity index (χ3v) is 3.70. The van der Waals surface area contributed by atoms with Gasteiger partial charge in [-0.05, 0) is 35.9 Å². The van der Waals surface area contributed by atoms with E-state index in [1.165, 1.54) is 18.2 Å². The van der Waals surface area contributed by atoms with Crippen LogP contribution in [0.3, 0.4) is 0 Å². The summed E-state index contributed by atoms with van der Waals surface area (Å²) in [6.45, 7) is 0.252. The first kappa shape index (κ1) is 19.2. The maximum atomic E-state index is 12.5. The third-order valence-electron chi connectivity index (χ3n) is 3.70. The number of guanidine groups is 1. The van der Waals surface area contributed by atoms with Crippen molar-refractivity contribution in [2.75, 3.05) is 5.32 Å². The molecule has 28 heavy (non-hydrogen) atoms. The number of hydrogen-bond donors (Lipinski definition) is 2. The average Bonchev–Trinajstić information content (AvgIpc) is 2.68. The molecule has 2 aromatic carbocycles. The Balaban J connectivity index is 1.71. The van der Waals surface area contributed by atoms with Crippen molar-refractivity contribution in [2.24, 2.45) is 10.7 Å². The summed E-state index contributed by atoms with van der Waals surface area (Å²) in [6, 6.07) is 18.9. The second-order valence-corrected chi connectivity index (χ2v) is 5.79. The lowest BCUT2D eigenvalue weighted by atomic mass is 10.1. The van der Waals surface area contributed by atoms with Gasteiger partial charge in [-0.1, -0.05) is 36.4 Å². The van der Waals surface area contributed by atoms with Gasteiger partial charge in [-0.15, -0.1) is 13.2 Å². The summed E-state index contributed by atoms with van der Waals surface area (Å²) in [5.41, 5.74) is 8.54. The van der Waals surface area contributed by atoms with Gasteiger partial charge >= 0.3 is 6.36 Å². The van der Waals surface area contributed by atoms with Crippen LogP contribution in [0, 0.1) is 0 Å². The average molecular weight is 386 g/mol. The van der Waals surface area contributed by atoms with Gasteiger partial charge in [-0.3, -0.25) is 4.98 Å². The standard InChI is InChI=1S/C20H17F3N4O/c21-20(22,23)28-18-10-2-1-9-17(18)27-19(24)26-13-14-6-5-7-15(12-14)16-8-3-4-11-25-16/h1-12H,13H2,(H3,24,26,27). The second kappa shape index (κ2) is 8.43. The van der Waals surface area contributed by atoms with Crippen molar-refractivity contribution in [3.63, 3.8) is 0 Å². The summed E-state index contributed by atoms with van der Waals surface area (Å²) in [4.78, 5) is 8.49. The molecule has 0 bridgehead atoms. The van der Waals surface area contributed by atoms with E-state index in [1.54, 1.807) is 12.3 Å². The minimum atomic E-state index is -4.80. The largest absolute Gasteiger partial charge is 0.573 e. The molecule has 3 aromatic rings. The minimum absolute atomic E-state index is 0.0264. The van der Waals surface area contributed by atoms with Crippen molar-refractivity contribution < 1.29 is 17.9 Å². The number of nitrogens with one attached hydrogen (secondary N) is 1. The van der Waals surface area contributed by atoms with Crippen LogP contribution >= 0.6 is 0 Å². The number of nitrogens with zero attached hydrogens (tertiary/aromatic N) is 2. The maximum Gasteiger partial charge on any atom is 0.573 e. The number of para-hydroxylation sites is 2. The molecule has 0 aliphatic heterocycles. The van der Waals surface area contributed by atoms with E-state index in [-0.39, 0.29) is 23.9 Å². The summed E-state index contributed by atoms with van der Waals surface area (Å²) in [5, 5.41) is 2.64. The lowest BCUT2D eigenvalue weighted by Gasteiger charge is -2.14. The molecule has 3 rings (SSSR count). The Kier molecular flexibility index (Phi) is 5.78. The van der Waals surface area contributed by atoms with Gasteiger partial charge < -0.3 is 15.8 Å². The first-order valence-electron chi connectivity index (χ1n) is 8.33. The number of nitrogens with two attached hydrogens (primary N) is 1. The number of aliphatic imine (C=N–C) groups is 1. The van der Waals surface area contributed by atoms with E-state index >= 15 is 0 Å². The van der Waals surface area contributed by atoms with E-state index in [1.807, 2.05) is 42.5 Å². The van der Waals surface area contributed by atoms with Gasteiger partial charge in [0.05, 0.1) is 17.9 Å². The highest BCUT2D eigenvalue weighted by Gasteiger charge is 2.32. The molecule has 144 valence electrons. The molecule has 0 saturated carbocycles. The number of aromatic nitrogens is 1.